The van der Waals surface area contributed by atoms with Gasteiger partial charge in [0, 0.05) is 19.1 Å². The van der Waals surface area contributed by atoms with Crippen LogP contribution in [0.25, 0.3) is 0 Å². The average molecular weight is 285 g/mol. The minimum Gasteiger partial charge on any atom is -0.495 e. The molecule has 0 aliphatic carbocycles. The Hall–Kier alpha value is -2.06. The van der Waals surface area contributed by atoms with Crippen molar-refractivity contribution in [2.24, 2.45) is 5.92 Å². The number of hydrogen-bond acceptors (Lipinski definition) is 4. The number of rotatable bonds is 3. The molecular weight excluding hydrogens is 266 g/mol. The van der Waals surface area contributed by atoms with E-state index in [1.165, 1.54) is 0 Å². The average Bonchev–Trinajstić information content (AvgIpc) is 2.84. The Labute approximate surface area is 124 Å². The van der Waals surface area contributed by atoms with E-state index < -0.39 is 0 Å². The summed E-state index contributed by atoms with van der Waals surface area (Å²) < 4.78 is 5.22. The van der Waals surface area contributed by atoms with Crippen LogP contribution in [0, 0.1) is 17.2 Å². The maximum atomic E-state index is 12.4. The summed E-state index contributed by atoms with van der Waals surface area (Å²) in [5, 5.41) is 12.4. The Bertz CT molecular complexity index is 594. The highest BCUT2D eigenvalue weighted by molar-refractivity contribution is 5.82. The molecule has 1 aromatic carbocycles. The van der Waals surface area contributed by atoms with Crippen LogP contribution in [-0.4, -0.2) is 37.0 Å². The van der Waals surface area contributed by atoms with Gasteiger partial charge in [0.2, 0.25) is 5.91 Å². The van der Waals surface area contributed by atoms with Crippen LogP contribution >= 0.6 is 0 Å². The molecule has 2 unspecified atom stereocenters. The molecule has 1 aromatic rings. The summed E-state index contributed by atoms with van der Waals surface area (Å²) in [5.41, 5.74) is 1.52. The number of nitriles is 1. The van der Waals surface area contributed by atoms with Gasteiger partial charge >= 0.3 is 0 Å². The fraction of sp³-hybridized carbons (Fsp3) is 0.500. The van der Waals surface area contributed by atoms with Crippen molar-refractivity contribution in [1.29, 1.82) is 5.26 Å². The Morgan fingerprint density at radius 2 is 2.38 bits per heavy atom. The molecule has 2 aliphatic heterocycles. The molecule has 5 heteroatoms. The van der Waals surface area contributed by atoms with Crippen molar-refractivity contribution in [3.05, 3.63) is 29.3 Å². The number of amides is 1. The Balaban J connectivity index is 1.75. The normalized spacial score (nSPS) is 24.6. The van der Waals surface area contributed by atoms with Gasteiger partial charge in [-0.3, -0.25) is 4.79 Å². The zero-order valence-corrected chi connectivity index (χ0v) is 12.1. The maximum absolute atomic E-state index is 12.4. The maximum Gasteiger partial charge on any atom is 0.227 e. The van der Waals surface area contributed by atoms with E-state index >= 15 is 0 Å². The number of carbonyl (C=O) groups is 1. The van der Waals surface area contributed by atoms with Gasteiger partial charge in [-0.1, -0.05) is 6.07 Å². The number of piperidine rings is 1. The number of hydrogen-bond donors (Lipinski definition) is 1. The highest BCUT2D eigenvalue weighted by Crippen LogP contribution is 2.28. The van der Waals surface area contributed by atoms with Crippen LogP contribution in [0.2, 0.25) is 0 Å². The van der Waals surface area contributed by atoms with E-state index in [9.17, 15) is 4.79 Å². The summed E-state index contributed by atoms with van der Waals surface area (Å²) in [6, 6.07) is 7.89. The van der Waals surface area contributed by atoms with Gasteiger partial charge in [-0.05, 0) is 37.1 Å². The van der Waals surface area contributed by atoms with Crippen LogP contribution in [0.4, 0.5) is 0 Å². The molecule has 0 aromatic heterocycles. The molecule has 2 aliphatic rings. The number of nitrogens with zero attached hydrogens (tertiary/aromatic N) is 2. The van der Waals surface area contributed by atoms with Gasteiger partial charge in [0.1, 0.15) is 11.8 Å². The number of benzene rings is 1. The molecule has 0 radical (unpaired) electrons. The zero-order valence-electron chi connectivity index (χ0n) is 12.1. The number of methoxy groups -OCH3 is 1. The first-order valence-electron chi connectivity index (χ1n) is 7.32. The Morgan fingerprint density at radius 1 is 1.52 bits per heavy atom. The second-order valence-electron chi connectivity index (χ2n) is 5.67. The molecule has 2 saturated heterocycles. The minimum atomic E-state index is 0.138. The molecule has 2 heterocycles. The summed E-state index contributed by atoms with van der Waals surface area (Å²) in [6.07, 6.45) is 2.06. The minimum absolute atomic E-state index is 0.138. The number of nitrogens with one attached hydrogen (secondary N) is 1. The first kappa shape index (κ1) is 13.9. The lowest BCUT2D eigenvalue weighted by molar-refractivity contribution is -0.131. The largest absolute Gasteiger partial charge is 0.495 e. The second-order valence-corrected chi connectivity index (χ2v) is 5.67. The molecule has 3 rings (SSSR count). The summed E-state index contributed by atoms with van der Waals surface area (Å²) in [5.74, 6) is 0.951. The summed E-state index contributed by atoms with van der Waals surface area (Å²) in [6.45, 7) is 2.36. The lowest BCUT2D eigenvalue weighted by Gasteiger charge is -2.23. The number of ether oxygens (including phenoxy) is 1. The first-order chi connectivity index (χ1) is 10.2. The molecular formula is C16H19N3O2. The molecule has 5 nitrogen and oxygen atoms in total. The van der Waals surface area contributed by atoms with Gasteiger partial charge < -0.3 is 15.0 Å². The van der Waals surface area contributed by atoms with Gasteiger partial charge in [-0.2, -0.15) is 5.26 Å². The van der Waals surface area contributed by atoms with Gasteiger partial charge in [0.15, 0.2) is 0 Å². The van der Waals surface area contributed by atoms with Crippen LogP contribution in [0.15, 0.2) is 18.2 Å². The lowest BCUT2D eigenvalue weighted by Crippen LogP contribution is -2.41. The molecule has 0 bridgehead atoms. The van der Waals surface area contributed by atoms with E-state index in [0.29, 0.717) is 23.9 Å². The van der Waals surface area contributed by atoms with Gasteiger partial charge in [0.25, 0.3) is 0 Å². The lowest BCUT2D eigenvalue weighted by atomic mass is 9.94. The van der Waals surface area contributed by atoms with E-state index in [0.717, 1.165) is 31.5 Å². The van der Waals surface area contributed by atoms with Crippen LogP contribution < -0.4 is 10.1 Å². The van der Waals surface area contributed by atoms with Crippen molar-refractivity contribution < 1.29 is 9.53 Å². The van der Waals surface area contributed by atoms with E-state index in [4.69, 9.17) is 10.00 Å². The number of likely N-dealkylation sites (tertiary alicyclic amines) is 1. The SMILES string of the molecule is COc1cc(CN2CC3NCCCC3C2=O)ccc1C#N. The van der Waals surface area contributed by atoms with Crippen LogP contribution in [-0.2, 0) is 11.3 Å². The predicted octanol–water partition coefficient (Wildman–Crippen LogP) is 1.28. The molecule has 21 heavy (non-hydrogen) atoms. The van der Waals surface area contributed by atoms with Crippen molar-refractivity contribution in [3.8, 4) is 11.8 Å². The topological polar surface area (TPSA) is 65.4 Å². The Kier molecular flexibility index (Phi) is 3.80. The molecule has 110 valence electrons. The quantitative estimate of drug-likeness (QED) is 0.908. The van der Waals surface area contributed by atoms with E-state index in [-0.39, 0.29) is 11.8 Å². The molecule has 0 saturated carbocycles. The van der Waals surface area contributed by atoms with Crippen molar-refractivity contribution in [2.45, 2.75) is 25.4 Å². The third kappa shape index (κ3) is 2.59. The van der Waals surface area contributed by atoms with Crippen LogP contribution in [0.3, 0.4) is 0 Å². The third-order valence-electron chi connectivity index (χ3n) is 4.39. The highest BCUT2D eigenvalue weighted by Gasteiger charge is 2.41. The van der Waals surface area contributed by atoms with Crippen molar-refractivity contribution in [3.63, 3.8) is 0 Å². The third-order valence-corrected chi connectivity index (χ3v) is 4.39. The van der Waals surface area contributed by atoms with Crippen LogP contribution in [0.5, 0.6) is 5.75 Å². The van der Waals surface area contributed by atoms with Gasteiger partial charge in [-0.25, -0.2) is 0 Å². The Morgan fingerprint density at radius 3 is 3.10 bits per heavy atom. The monoisotopic (exact) mass is 285 g/mol. The molecule has 1 amide bonds. The van der Waals surface area contributed by atoms with Crippen molar-refractivity contribution >= 4 is 5.91 Å². The van der Waals surface area contributed by atoms with Crippen molar-refractivity contribution in [1.82, 2.24) is 10.2 Å². The fourth-order valence-electron chi connectivity index (χ4n) is 3.29. The fourth-order valence-corrected chi connectivity index (χ4v) is 3.29. The van der Waals surface area contributed by atoms with E-state index in [2.05, 4.69) is 11.4 Å². The summed E-state index contributed by atoms with van der Waals surface area (Å²) >= 11 is 0. The summed E-state index contributed by atoms with van der Waals surface area (Å²) in [7, 11) is 1.55. The smallest absolute Gasteiger partial charge is 0.227 e. The first-order valence-corrected chi connectivity index (χ1v) is 7.32. The molecule has 0 spiro atoms. The van der Waals surface area contributed by atoms with E-state index in [1.807, 2.05) is 17.0 Å². The predicted molar refractivity (Wildman–Crippen MR) is 77.6 cm³/mol. The van der Waals surface area contributed by atoms with Crippen LogP contribution in [0.1, 0.15) is 24.0 Å². The number of fused-ring (bicyclic) bond motifs is 1. The molecule has 2 fully saturated rings. The van der Waals surface area contributed by atoms with Gasteiger partial charge in [-0.15, -0.1) is 0 Å². The van der Waals surface area contributed by atoms with E-state index in [1.54, 1.807) is 13.2 Å². The number of carbonyl (C=O) groups excluding carboxylic acids is 1. The summed E-state index contributed by atoms with van der Waals surface area (Å²) in [4.78, 5) is 14.3. The van der Waals surface area contributed by atoms with Crippen molar-refractivity contribution in [2.75, 3.05) is 20.2 Å². The van der Waals surface area contributed by atoms with Gasteiger partial charge in [0.05, 0.1) is 18.6 Å². The zero-order chi connectivity index (χ0) is 14.8. The highest BCUT2D eigenvalue weighted by atomic mass is 16.5. The molecule has 1 N–H and O–H groups in total. The standard InChI is InChI=1S/C16H19N3O2/c1-21-15-7-11(4-5-12(15)8-17)9-19-10-14-13(16(19)20)3-2-6-18-14/h4-5,7,13-14,18H,2-3,6,9-10H2,1H3. The second kappa shape index (κ2) is 5.74. The molecule has 2 atom stereocenters.